The number of nitrogens with zero attached hydrogens (tertiary/aromatic N) is 1. The molecule has 2 unspecified atom stereocenters. The standard InChI is InChI=1S/C16H26N2/c1-12(2)16(17)10-14-7-8-18(11-14)15-6-4-5-13(3)9-15/h4-6,9,12,14,16H,7-8,10-11,17H2,1-3H3. The maximum atomic E-state index is 6.19. The highest BCUT2D eigenvalue weighted by molar-refractivity contribution is 5.49. The van der Waals surface area contributed by atoms with Crippen molar-refractivity contribution in [2.24, 2.45) is 17.6 Å². The van der Waals surface area contributed by atoms with Crippen LogP contribution in [0, 0.1) is 18.8 Å². The second kappa shape index (κ2) is 5.75. The van der Waals surface area contributed by atoms with E-state index in [1.807, 2.05) is 0 Å². The number of nitrogens with two attached hydrogens (primary N) is 1. The van der Waals surface area contributed by atoms with Gasteiger partial charge in [-0.25, -0.2) is 0 Å². The molecule has 1 aromatic rings. The van der Waals surface area contributed by atoms with E-state index in [0.29, 0.717) is 12.0 Å². The van der Waals surface area contributed by atoms with E-state index in [1.54, 1.807) is 0 Å². The molecule has 1 aliphatic heterocycles. The fraction of sp³-hybridized carbons (Fsp3) is 0.625. The number of hydrogen-bond acceptors (Lipinski definition) is 2. The van der Waals surface area contributed by atoms with Crippen LogP contribution in [-0.2, 0) is 0 Å². The lowest BCUT2D eigenvalue weighted by Gasteiger charge is -2.22. The first-order valence-corrected chi connectivity index (χ1v) is 7.13. The molecule has 0 radical (unpaired) electrons. The highest BCUT2D eigenvalue weighted by atomic mass is 15.1. The maximum absolute atomic E-state index is 6.19. The van der Waals surface area contributed by atoms with E-state index in [1.165, 1.54) is 37.2 Å². The largest absolute Gasteiger partial charge is 0.371 e. The Morgan fingerprint density at radius 1 is 1.39 bits per heavy atom. The van der Waals surface area contributed by atoms with Crippen LogP contribution in [0.15, 0.2) is 24.3 Å². The molecule has 2 nitrogen and oxygen atoms in total. The molecule has 18 heavy (non-hydrogen) atoms. The van der Waals surface area contributed by atoms with Gasteiger partial charge in [-0.05, 0) is 49.3 Å². The zero-order valence-electron chi connectivity index (χ0n) is 11.9. The Bertz CT molecular complexity index is 386. The van der Waals surface area contributed by atoms with Gasteiger partial charge in [0.1, 0.15) is 0 Å². The van der Waals surface area contributed by atoms with E-state index in [4.69, 9.17) is 5.73 Å². The lowest BCUT2D eigenvalue weighted by Crippen LogP contribution is -2.30. The minimum Gasteiger partial charge on any atom is -0.371 e. The molecular weight excluding hydrogens is 220 g/mol. The first-order valence-electron chi connectivity index (χ1n) is 7.13. The molecule has 1 aliphatic rings. The SMILES string of the molecule is Cc1cccc(N2CCC(CC(N)C(C)C)C2)c1. The maximum Gasteiger partial charge on any atom is 0.0368 e. The molecule has 0 saturated carbocycles. The summed E-state index contributed by atoms with van der Waals surface area (Å²) < 4.78 is 0. The monoisotopic (exact) mass is 246 g/mol. The van der Waals surface area contributed by atoms with Crippen LogP contribution in [0.2, 0.25) is 0 Å². The van der Waals surface area contributed by atoms with Crippen LogP contribution in [0.4, 0.5) is 5.69 Å². The molecule has 1 aromatic carbocycles. The first-order chi connectivity index (χ1) is 8.56. The van der Waals surface area contributed by atoms with Crippen molar-refractivity contribution >= 4 is 5.69 Å². The summed E-state index contributed by atoms with van der Waals surface area (Å²) in [6.07, 6.45) is 2.45. The molecule has 2 rings (SSSR count). The van der Waals surface area contributed by atoms with Crippen LogP contribution in [0.5, 0.6) is 0 Å². The van der Waals surface area contributed by atoms with Crippen molar-refractivity contribution in [1.29, 1.82) is 0 Å². The van der Waals surface area contributed by atoms with Crippen LogP contribution in [0.25, 0.3) is 0 Å². The minimum atomic E-state index is 0.354. The number of benzene rings is 1. The van der Waals surface area contributed by atoms with E-state index in [0.717, 1.165) is 5.92 Å². The van der Waals surface area contributed by atoms with Gasteiger partial charge in [-0.3, -0.25) is 0 Å². The summed E-state index contributed by atoms with van der Waals surface area (Å²) in [5.41, 5.74) is 8.90. The van der Waals surface area contributed by atoms with E-state index < -0.39 is 0 Å². The van der Waals surface area contributed by atoms with Gasteiger partial charge in [-0.2, -0.15) is 0 Å². The summed E-state index contributed by atoms with van der Waals surface area (Å²) in [5.74, 6) is 1.36. The van der Waals surface area contributed by atoms with Gasteiger partial charge in [0.2, 0.25) is 0 Å². The lowest BCUT2D eigenvalue weighted by atomic mass is 9.93. The third-order valence-corrected chi connectivity index (χ3v) is 4.11. The van der Waals surface area contributed by atoms with Crippen LogP contribution in [0.3, 0.4) is 0 Å². The lowest BCUT2D eigenvalue weighted by molar-refractivity contribution is 0.391. The highest BCUT2D eigenvalue weighted by Crippen LogP contribution is 2.27. The summed E-state index contributed by atoms with van der Waals surface area (Å²) >= 11 is 0. The zero-order chi connectivity index (χ0) is 13.1. The Balaban J connectivity index is 1.92. The van der Waals surface area contributed by atoms with E-state index in [9.17, 15) is 0 Å². The summed E-state index contributed by atoms with van der Waals surface area (Å²) in [6, 6.07) is 9.17. The summed E-state index contributed by atoms with van der Waals surface area (Å²) in [5, 5.41) is 0. The van der Waals surface area contributed by atoms with Gasteiger partial charge >= 0.3 is 0 Å². The molecule has 2 heteroatoms. The minimum absolute atomic E-state index is 0.354. The smallest absolute Gasteiger partial charge is 0.0368 e. The summed E-state index contributed by atoms with van der Waals surface area (Å²) in [7, 11) is 0. The molecule has 1 fully saturated rings. The molecular formula is C16H26N2. The third-order valence-electron chi connectivity index (χ3n) is 4.11. The zero-order valence-corrected chi connectivity index (χ0v) is 11.9. The quantitative estimate of drug-likeness (QED) is 0.884. The normalized spacial score (nSPS) is 21.6. The van der Waals surface area contributed by atoms with Crippen molar-refractivity contribution in [1.82, 2.24) is 0 Å². The van der Waals surface area contributed by atoms with E-state index in [2.05, 4.69) is 49.9 Å². The van der Waals surface area contributed by atoms with Gasteiger partial charge < -0.3 is 10.6 Å². The van der Waals surface area contributed by atoms with Crippen molar-refractivity contribution in [3.8, 4) is 0 Å². The van der Waals surface area contributed by atoms with E-state index >= 15 is 0 Å². The average Bonchev–Trinajstić information content (AvgIpc) is 2.77. The van der Waals surface area contributed by atoms with Crippen LogP contribution < -0.4 is 10.6 Å². The predicted molar refractivity (Wildman–Crippen MR) is 78.9 cm³/mol. The Kier molecular flexibility index (Phi) is 4.28. The van der Waals surface area contributed by atoms with Crippen LogP contribution >= 0.6 is 0 Å². The van der Waals surface area contributed by atoms with Gasteiger partial charge in [0.15, 0.2) is 0 Å². The topological polar surface area (TPSA) is 29.3 Å². The summed E-state index contributed by atoms with van der Waals surface area (Å²) in [6.45, 7) is 8.95. The van der Waals surface area contributed by atoms with Gasteiger partial charge in [0, 0.05) is 24.8 Å². The third kappa shape index (κ3) is 3.26. The fourth-order valence-electron chi connectivity index (χ4n) is 2.74. The van der Waals surface area contributed by atoms with Crippen molar-refractivity contribution in [2.45, 2.75) is 39.7 Å². The molecule has 0 aromatic heterocycles. The van der Waals surface area contributed by atoms with Crippen molar-refractivity contribution in [3.63, 3.8) is 0 Å². The Morgan fingerprint density at radius 3 is 2.83 bits per heavy atom. The van der Waals surface area contributed by atoms with Crippen LogP contribution in [-0.4, -0.2) is 19.1 Å². The van der Waals surface area contributed by atoms with Gasteiger partial charge in [-0.1, -0.05) is 26.0 Å². The molecule has 2 N–H and O–H groups in total. The predicted octanol–water partition coefficient (Wildman–Crippen LogP) is 3.19. The van der Waals surface area contributed by atoms with Gasteiger partial charge in [0.25, 0.3) is 0 Å². The summed E-state index contributed by atoms with van der Waals surface area (Å²) in [4.78, 5) is 2.50. The van der Waals surface area contributed by atoms with Gasteiger partial charge in [0.05, 0.1) is 0 Å². The molecule has 100 valence electrons. The number of rotatable bonds is 4. The fourth-order valence-corrected chi connectivity index (χ4v) is 2.74. The second-order valence-electron chi connectivity index (χ2n) is 6.08. The van der Waals surface area contributed by atoms with Crippen LogP contribution in [0.1, 0.15) is 32.3 Å². The molecule has 2 atom stereocenters. The van der Waals surface area contributed by atoms with Crippen molar-refractivity contribution < 1.29 is 0 Å². The molecule has 1 heterocycles. The molecule has 1 saturated heterocycles. The Morgan fingerprint density at radius 2 is 2.17 bits per heavy atom. The highest BCUT2D eigenvalue weighted by Gasteiger charge is 2.25. The van der Waals surface area contributed by atoms with Crippen molar-refractivity contribution in [2.75, 3.05) is 18.0 Å². The molecule has 0 bridgehead atoms. The van der Waals surface area contributed by atoms with E-state index in [-0.39, 0.29) is 0 Å². The van der Waals surface area contributed by atoms with Gasteiger partial charge in [-0.15, -0.1) is 0 Å². The first kappa shape index (κ1) is 13.4. The second-order valence-corrected chi connectivity index (χ2v) is 6.08. The molecule has 0 spiro atoms. The number of aryl methyl sites for hydroxylation is 1. The molecule has 0 amide bonds. The Labute approximate surface area is 111 Å². The molecule has 0 aliphatic carbocycles. The number of hydrogen-bond donors (Lipinski definition) is 1. The number of anilines is 1. The average molecular weight is 246 g/mol. The Hall–Kier alpha value is -1.02. The van der Waals surface area contributed by atoms with Crippen molar-refractivity contribution in [3.05, 3.63) is 29.8 Å².